The number of nitrogens with one attached hydrogen (secondary N) is 1. The monoisotopic (exact) mass is 285 g/mol. The van der Waals surface area contributed by atoms with Crippen LogP contribution in [0, 0.1) is 11.3 Å². The van der Waals surface area contributed by atoms with E-state index in [1.807, 2.05) is 0 Å². The predicted molar refractivity (Wildman–Crippen MR) is 58.4 cm³/mol. The first-order valence-electron chi connectivity index (χ1n) is 4.42. The number of hydrogen-bond acceptors (Lipinski definition) is 2. The molecule has 1 N–H and O–H groups in total. The van der Waals surface area contributed by atoms with Crippen LogP contribution in [-0.2, 0) is 5.33 Å². The molecule has 1 aromatic heterocycles. The molecule has 0 fully saturated rings. The molecule has 0 aliphatic heterocycles. The number of imidazole rings is 1. The van der Waals surface area contributed by atoms with Gasteiger partial charge in [-0.2, -0.15) is 5.26 Å². The Morgan fingerprint density at radius 1 is 1.50 bits per heavy atom. The van der Waals surface area contributed by atoms with E-state index in [0.29, 0.717) is 22.2 Å². The van der Waals surface area contributed by atoms with Crippen molar-refractivity contribution in [3.8, 4) is 6.07 Å². The van der Waals surface area contributed by atoms with Crippen molar-refractivity contribution in [3.63, 3.8) is 0 Å². The summed E-state index contributed by atoms with van der Waals surface area (Å²) in [6.07, 6.45) is -2.66. The molecule has 82 valence electrons. The quantitative estimate of drug-likeness (QED) is 0.861. The van der Waals surface area contributed by atoms with Crippen molar-refractivity contribution in [3.05, 3.63) is 29.1 Å². The van der Waals surface area contributed by atoms with Crippen molar-refractivity contribution in [2.45, 2.75) is 11.8 Å². The Morgan fingerprint density at radius 3 is 2.81 bits per heavy atom. The number of halogens is 3. The van der Waals surface area contributed by atoms with Crippen molar-refractivity contribution in [2.24, 2.45) is 0 Å². The summed E-state index contributed by atoms with van der Waals surface area (Å²) in [5.41, 5.74) is 0.744. The van der Waals surface area contributed by atoms with Crippen molar-refractivity contribution < 1.29 is 8.78 Å². The van der Waals surface area contributed by atoms with Crippen LogP contribution in [0.2, 0.25) is 0 Å². The van der Waals surface area contributed by atoms with E-state index < -0.39 is 6.43 Å². The number of aromatic nitrogens is 2. The van der Waals surface area contributed by atoms with E-state index in [4.69, 9.17) is 5.26 Å². The molecular formula is C10H6BrF2N3. The summed E-state index contributed by atoms with van der Waals surface area (Å²) >= 11 is 3.21. The summed E-state index contributed by atoms with van der Waals surface area (Å²) in [7, 11) is 0. The van der Waals surface area contributed by atoms with Crippen molar-refractivity contribution >= 4 is 27.0 Å². The van der Waals surface area contributed by atoms with Gasteiger partial charge < -0.3 is 4.98 Å². The Balaban J connectivity index is 2.69. The SMILES string of the molecule is N#Cc1cc2nc(CBr)[nH]c2cc1C(F)F. The molecule has 2 aromatic rings. The maximum atomic E-state index is 12.6. The second-order valence-electron chi connectivity index (χ2n) is 3.19. The molecule has 16 heavy (non-hydrogen) atoms. The van der Waals surface area contributed by atoms with Crippen molar-refractivity contribution in [2.75, 3.05) is 0 Å². The second kappa shape index (κ2) is 4.18. The van der Waals surface area contributed by atoms with E-state index in [1.165, 1.54) is 12.1 Å². The van der Waals surface area contributed by atoms with Crippen molar-refractivity contribution in [1.82, 2.24) is 9.97 Å². The largest absolute Gasteiger partial charge is 0.341 e. The molecule has 0 saturated heterocycles. The molecular weight excluding hydrogens is 280 g/mol. The molecule has 6 heteroatoms. The van der Waals surface area contributed by atoms with Crippen LogP contribution in [0.5, 0.6) is 0 Å². The fourth-order valence-corrected chi connectivity index (χ4v) is 1.73. The number of nitrogens with zero attached hydrogens (tertiary/aromatic N) is 2. The van der Waals surface area contributed by atoms with Gasteiger partial charge in [0, 0.05) is 5.56 Å². The highest BCUT2D eigenvalue weighted by molar-refractivity contribution is 9.08. The normalized spacial score (nSPS) is 10.9. The number of H-pyrrole nitrogens is 1. The number of alkyl halides is 3. The minimum atomic E-state index is -2.66. The lowest BCUT2D eigenvalue weighted by Gasteiger charge is -2.01. The Labute approximate surface area is 98.2 Å². The fraction of sp³-hybridized carbons (Fsp3) is 0.200. The number of benzene rings is 1. The lowest BCUT2D eigenvalue weighted by molar-refractivity contribution is 0.151. The molecule has 2 rings (SSSR count). The van der Waals surface area contributed by atoms with Crippen LogP contribution < -0.4 is 0 Å². The molecule has 0 atom stereocenters. The topological polar surface area (TPSA) is 52.5 Å². The zero-order valence-corrected chi connectivity index (χ0v) is 9.55. The third kappa shape index (κ3) is 1.78. The zero-order valence-electron chi connectivity index (χ0n) is 7.97. The van der Waals surface area contributed by atoms with Gasteiger partial charge in [-0.05, 0) is 12.1 Å². The van der Waals surface area contributed by atoms with E-state index in [0.717, 1.165) is 0 Å². The molecule has 0 aliphatic rings. The first-order chi connectivity index (χ1) is 7.65. The minimum Gasteiger partial charge on any atom is -0.341 e. The van der Waals surface area contributed by atoms with Gasteiger partial charge in [-0.15, -0.1) is 0 Å². The highest BCUT2D eigenvalue weighted by Crippen LogP contribution is 2.26. The third-order valence-corrected chi connectivity index (χ3v) is 2.72. The predicted octanol–water partition coefficient (Wildman–Crippen LogP) is 3.27. The number of aromatic amines is 1. The molecule has 0 aliphatic carbocycles. The van der Waals surface area contributed by atoms with Crippen LogP contribution in [0.4, 0.5) is 8.78 Å². The molecule has 3 nitrogen and oxygen atoms in total. The molecule has 0 spiro atoms. The fourth-order valence-electron chi connectivity index (χ4n) is 1.47. The van der Waals surface area contributed by atoms with Gasteiger partial charge in [0.25, 0.3) is 6.43 Å². The maximum absolute atomic E-state index is 12.6. The van der Waals surface area contributed by atoms with Gasteiger partial charge in [0.2, 0.25) is 0 Å². The van der Waals surface area contributed by atoms with Gasteiger partial charge in [-0.25, -0.2) is 13.8 Å². The zero-order chi connectivity index (χ0) is 11.7. The molecule has 0 radical (unpaired) electrons. The lowest BCUT2D eigenvalue weighted by Crippen LogP contribution is -1.90. The Bertz CT molecular complexity index is 571. The molecule has 0 amide bonds. The smallest absolute Gasteiger partial charge is 0.265 e. The van der Waals surface area contributed by atoms with Gasteiger partial charge in [-0.1, -0.05) is 15.9 Å². The summed E-state index contributed by atoms with van der Waals surface area (Å²) in [5, 5.41) is 9.27. The summed E-state index contributed by atoms with van der Waals surface area (Å²) < 4.78 is 25.3. The van der Waals surface area contributed by atoms with Crippen LogP contribution in [0.25, 0.3) is 11.0 Å². The third-order valence-electron chi connectivity index (χ3n) is 2.18. The molecule has 0 saturated carbocycles. The van der Waals surface area contributed by atoms with Crippen LogP contribution in [0.3, 0.4) is 0 Å². The molecule has 1 heterocycles. The van der Waals surface area contributed by atoms with E-state index in [2.05, 4.69) is 25.9 Å². The van der Waals surface area contributed by atoms with Gasteiger partial charge in [0.05, 0.1) is 28.0 Å². The van der Waals surface area contributed by atoms with Crippen LogP contribution in [0.1, 0.15) is 23.4 Å². The van der Waals surface area contributed by atoms with Gasteiger partial charge in [0.15, 0.2) is 0 Å². The Hall–Kier alpha value is -1.48. The number of fused-ring (bicyclic) bond motifs is 1. The average Bonchev–Trinajstić information content (AvgIpc) is 2.68. The van der Waals surface area contributed by atoms with Crippen molar-refractivity contribution in [1.29, 1.82) is 5.26 Å². The summed E-state index contributed by atoms with van der Waals surface area (Å²) in [6, 6.07) is 4.40. The average molecular weight is 286 g/mol. The Morgan fingerprint density at radius 2 is 2.25 bits per heavy atom. The number of nitriles is 1. The van der Waals surface area contributed by atoms with E-state index >= 15 is 0 Å². The van der Waals surface area contributed by atoms with E-state index in [-0.39, 0.29) is 11.1 Å². The van der Waals surface area contributed by atoms with Crippen LogP contribution in [0.15, 0.2) is 12.1 Å². The van der Waals surface area contributed by atoms with Crippen LogP contribution >= 0.6 is 15.9 Å². The highest BCUT2D eigenvalue weighted by Gasteiger charge is 2.15. The van der Waals surface area contributed by atoms with Gasteiger partial charge >= 0.3 is 0 Å². The Kier molecular flexibility index (Phi) is 2.88. The van der Waals surface area contributed by atoms with Gasteiger partial charge in [-0.3, -0.25) is 0 Å². The molecule has 0 unspecified atom stereocenters. The minimum absolute atomic E-state index is 0.0323. The molecule has 0 bridgehead atoms. The van der Waals surface area contributed by atoms with Crippen LogP contribution in [-0.4, -0.2) is 9.97 Å². The summed E-state index contributed by atoms with van der Waals surface area (Å²) in [5.74, 6) is 0.644. The molecule has 1 aromatic carbocycles. The number of hydrogen-bond donors (Lipinski definition) is 1. The summed E-state index contributed by atoms with van der Waals surface area (Å²) in [4.78, 5) is 7.03. The lowest BCUT2D eigenvalue weighted by atomic mass is 10.1. The first-order valence-corrected chi connectivity index (χ1v) is 5.54. The van der Waals surface area contributed by atoms with E-state index in [9.17, 15) is 8.78 Å². The number of rotatable bonds is 2. The standard InChI is InChI=1S/C10H6BrF2N3/c11-3-9-15-7-1-5(4-14)6(10(12)13)2-8(7)16-9/h1-2,10H,3H2,(H,15,16). The van der Waals surface area contributed by atoms with Gasteiger partial charge in [0.1, 0.15) is 5.82 Å². The highest BCUT2D eigenvalue weighted by atomic mass is 79.9. The maximum Gasteiger partial charge on any atom is 0.265 e. The van der Waals surface area contributed by atoms with E-state index in [1.54, 1.807) is 6.07 Å². The first kappa shape index (κ1) is 11.0. The summed E-state index contributed by atoms with van der Waals surface area (Å²) in [6.45, 7) is 0. The second-order valence-corrected chi connectivity index (χ2v) is 3.75.